The average Bonchev–Trinajstić information content (AvgIpc) is 3.64. The first kappa shape index (κ1) is 25.5. The number of hydrogen-bond acceptors (Lipinski definition) is 7. The molecule has 3 aromatic heterocycles. The molecule has 7 heteroatoms. The highest BCUT2D eigenvalue weighted by molar-refractivity contribution is 5.85. The molecule has 3 heterocycles. The summed E-state index contributed by atoms with van der Waals surface area (Å²) in [5.41, 5.74) is 8.21. The van der Waals surface area contributed by atoms with Gasteiger partial charge in [-0.2, -0.15) is 0 Å². The second-order valence-electron chi connectivity index (χ2n) is 10.9. The minimum atomic E-state index is -0.240. The first-order valence-corrected chi connectivity index (χ1v) is 13.8. The minimum Gasteiger partial charge on any atom is -0.507 e. The van der Waals surface area contributed by atoms with E-state index in [1.807, 2.05) is 54.4 Å². The van der Waals surface area contributed by atoms with Crippen molar-refractivity contribution < 1.29 is 9.52 Å². The van der Waals surface area contributed by atoms with Gasteiger partial charge in [0, 0.05) is 47.2 Å². The highest BCUT2D eigenvalue weighted by Crippen LogP contribution is 2.51. The molecule has 7 nitrogen and oxygen atoms in total. The Bertz CT molecular complexity index is 1900. The number of aromatic nitrogens is 3. The van der Waals surface area contributed by atoms with Crippen LogP contribution in [-0.2, 0) is 5.41 Å². The molecule has 0 unspecified atom stereocenters. The van der Waals surface area contributed by atoms with Gasteiger partial charge in [0.25, 0.3) is 0 Å². The van der Waals surface area contributed by atoms with Crippen molar-refractivity contribution in [3.8, 4) is 28.3 Å². The van der Waals surface area contributed by atoms with Crippen LogP contribution < -0.4 is 9.80 Å². The van der Waals surface area contributed by atoms with E-state index in [2.05, 4.69) is 72.3 Å². The van der Waals surface area contributed by atoms with E-state index in [1.165, 1.54) is 0 Å². The van der Waals surface area contributed by atoms with E-state index >= 15 is 0 Å². The fourth-order valence-electron chi connectivity index (χ4n) is 5.80. The van der Waals surface area contributed by atoms with E-state index in [1.54, 1.807) is 24.7 Å². The van der Waals surface area contributed by atoms with Crippen LogP contribution in [0.2, 0.25) is 0 Å². The number of phenols is 1. The van der Waals surface area contributed by atoms with Crippen LogP contribution in [0.15, 0.2) is 120 Å². The Balaban J connectivity index is 1.33. The number of pyridine rings is 2. The second kappa shape index (κ2) is 9.89. The molecule has 0 fully saturated rings. The van der Waals surface area contributed by atoms with Crippen LogP contribution in [0.5, 0.6) is 5.75 Å². The van der Waals surface area contributed by atoms with Crippen LogP contribution in [0.25, 0.3) is 22.5 Å². The molecule has 1 aliphatic rings. The molecule has 1 N–H and O–H groups in total. The van der Waals surface area contributed by atoms with Crippen LogP contribution in [0.3, 0.4) is 0 Å². The van der Waals surface area contributed by atoms with Crippen molar-refractivity contribution >= 4 is 28.9 Å². The Hall–Kier alpha value is -5.43. The molecule has 6 aromatic rings. The van der Waals surface area contributed by atoms with Gasteiger partial charge in [-0.25, -0.2) is 15.0 Å². The monoisotopic (exact) mass is 551 g/mol. The molecule has 0 amide bonds. The zero-order chi connectivity index (χ0) is 28.8. The van der Waals surface area contributed by atoms with Crippen LogP contribution in [0.1, 0.15) is 25.0 Å². The average molecular weight is 552 g/mol. The van der Waals surface area contributed by atoms with Gasteiger partial charge in [-0.15, -0.1) is 0 Å². The number of para-hydroxylation sites is 1. The summed E-state index contributed by atoms with van der Waals surface area (Å²) in [4.78, 5) is 18.2. The zero-order valence-electron chi connectivity index (χ0n) is 23.6. The number of benzene rings is 3. The molecule has 206 valence electrons. The lowest BCUT2D eigenvalue weighted by atomic mass is 9.83. The number of phenolic OH excluding ortho intramolecular Hbond substituents is 1. The maximum Gasteiger partial charge on any atom is 0.301 e. The normalized spacial score (nSPS) is 12.9. The molecule has 1 aliphatic carbocycles. The summed E-state index contributed by atoms with van der Waals surface area (Å²) in [7, 11) is 1.91. The lowest BCUT2D eigenvalue weighted by Gasteiger charge is -2.26. The van der Waals surface area contributed by atoms with Crippen molar-refractivity contribution in [1.82, 2.24) is 15.0 Å². The van der Waals surface area contributed by atoms with Gasteiger partial charge in [-0.05, 0) is 53.6 Å². The molecule has 0 radical (unpaired) electrons. The summed E-state index contributed by atoms with van der Waals surface area (Å²) in [5.74, 6) is 1.01. The third kappa shape index (κ3) is 4.18. The van der Waals surface area contributed by atoms with E-state index in [9.17, 15) is 5.11 Å². The van der Waals surface area contributed by atoms with E-state index in [0.29, 0.717) is 6.01 Å². The van der Waals surface area contributed by atoms with Crippen LogP contribution in [0.4, 0.5) is 28.9 Å². The van der Waals surface area contributed by atoms with Crippen molar-refractivity contribution in [2.75, 3.05) is 16.8 Å². The smallest absolute Gasteiger partial charge is 0.301 e. The minimum absolute atomic E-state index is 0.240. The molecule has 0 atom stereocenters. The summed E-state index contributed by atoms with van der Waals surface area (Å²) in [6.45, 7) is 4.36. The Morgan fingerprint density at radius 2 is 1.55 bits per heavy atom. The van der Waals surface area contributed by atoms with Crippen molar-refractivity contribution in [2.24, 2.45) is 0 Å². The van der Waals surface area contributed by atoms with E-state index in [4.69, 9.17) is 14.4 Å². The maximum absolute atomic E-state index is 10.8. The Morgan fingerprint density at radius 3 is 2.36 bits per heavy atom. The number of rotatable bonds is 6. The topological polar surface area (TPSA) is 78.5 Å². The highest BCUT2D eigenvalue weighted by atomic mass is 16.4. The first-order valence-electron chi connectivity index (χ1n) is 13.8. The van der Waals surface area contributed by atoms with E-state index < -0.39 is 0 Å². The number of fused-ring (bicyclic) bond motifs is 3. The number of oxazole rings is 1. The van der Waals surface area contributed by atoms with Crippen molar-refractivity contribution in [2.45, 2.75) is 19.3 Å². The molecular weight excluding hydrogens is 522 g/mol. The molecule has 7 rings (SSSR count). The number of aromatic hydroxyl groups is 1. The van der Waals surface area contributed by atoms with Gasteiger partial charge in [0.15, 0.2) is 0 Å². The SMILES string of the molecule is CN(c1ccnc(N(c2ccccc2)c2cccc(-c3ccc4c(n3)-c3c(O)cccc3C4(C)C)c2)c1)c1ncco1. The van der Waals surface area contributed by atoms with Gasteiger partial charge in [0.05, 0.1) is 23.3 Å². The quantitative estimate of drug-likeness (QED) is 0.223. The van der Waals surface area contributed by atoms with E-state index in [-0.39, 0.29) is 11.2 Å². The molecular formula is C35H29N5O2. The highest BCUT2D eigenvalue weighted by Gasteiger charge is 2.38. The maximum atomic E-state index is 10.8. The van der Waals surface area contributed by atoms with Gasteiger partial charge in [-0.3, -0.25) is 9.80 Å². The van der Waals surface area contributed by atoms with Crippen LogP contribution in [0, 0.1) is 0 Å². The van der Waals surface area contributed by atoms with Gasteiger partial charge >= 0.3 is 6.01 Å². The fourth-order valence-corrected chi connectivity index (χ4v) is 5.80. The predicted molar refractivity (Wildman–Crippen MR) is 166 cm³/mol. The molecule has 0 bridgehead atoms. The Morgan fingerprint density at radius 1 is 0.738 bits per heavy atom. The fraction of sp³-hybridized carbons (Fsp3) is 0.114. The largest absolute Gasteiger partial charge is 0.507 e. The third-order valence-electron chi connectivity index (χ3n) is 7.99. The molecule has 0 saturated heterocycles. The third-order valence-corrected chi connectivity index (χ3v) is 7.99. The van der Waals surface area contributed by atoms with Gasteiger partial charge in [0.2, 0.25) is 0 Å². The number of nitrogens with zero attached hydrogens (tertiary/aromatic N) is 5. The van der Waals surface area contributed by atoms with Crippen molar-refractivity contribution in [1.29, 1.82) is 0 Å². The Labute approximate surface area is 244 Å². The van der Waals surface area contributed by atoms with Gasteiger partial charge in [-0.1, -0.05) is 62.4 Å². The summed E-state index contributed by atoms with van der Waals surface area (Å²) >= 11 is 0. The molecule has 0 saturated carbocycles. The zero-order valence-corrected chi connectivity index (χ0v) is 23.6. The lowest BCUT2D eigenvalue weighted by molar-refractivity contribution is 0.476. The predicted octanol–water partition coefficient (Wildman–Crippen LogP) is 8.38. The summed E-state index contributed by atoms with van der Waals surface area (Å²) in [5, 5.41) is 10.8. The molecule has 0 aliphatic heterocycles. The Kier molecular flexibility index (Phi) is 6.01. The number of hydrogen-bond donors (Lipinski definition) is 1. The summed E-state index contributed by atoms with van der Waals surface area (Å²) in [6.07, 6.45) is 4.98. The number of anilines is 5. The molecule has 42 heavy (non-hydrogen) atoms. The summed E-state index contributed by atoms with van der Waals surface area (Å²) in [6, 6.07) is 32.8. The summed E-state index contributed by atoms with van der Waals surface area (Å²) < 4.78 is 5.52. The standard InChI is InChI=1S/C35H29N5O2/c1-35(2)27-13-8-14-30(41)32(27)33-28(35)15-16-29(38-33)23-9-7-12-26(21-23)40(24-10-5-4-6-11-24)31-22-25(17-18-36-31)39(3)34-37-19-20-42-34/h4-22,41H,1-3H3. The first-order chi connectivity index (χ1) is 20.4. The second-order valence-corrected chi connectivity index (χ2v) is 10.9. The van der Waals surface area contributed by atoms with Crippen molar-refractivity contribution in [3.63, 3.8) is 0 Å². The van der Waals surface area contributed by atoms with Gasteiger partial charge in [0.1, 0.15) is 17.8 Å². The molecule has 3 aromatic carbocycles. The lowest BCUT2D eigenvalue weighted by Crippen LogP contribution is -2.15. The van der Waals surface area contributed by atoms with E-state index in [0.717, 1.165) is 56.5 Å². The van der Waals surface area contributed by atoms with Gasteiger partial charge < -0.3 is 9.52 Å². The van der Waals surface area contributed by atoms with Crippen LogP contribution >= 0.6 is 0 Å². The van der Waals surface area contributed by atoms with Crippen molar-refractivity contribution in [3.05, 3.63) is 127 Å². The molecule has 0 spiro atoms. The van der Waals surface area contributed by atoms with Crippen LogP contribution in [-0.4, -0.2) is 27.1 Å².